The number of rotatable bonds is 8. The maximum atomic E-state index is 12.7. The first-order chi connectivity index (χ1) is 13.5. The molecule has 0 aliphatic carbocycles. The van der Waals surface area contributed by atoms with Crippen molar-refractivity contribution < 1.29 is 39.1 Å². The number of carboxylic acids is 2. The summed E-state index contributed by atoms with van der Waals surface area (Å²) in [5.74, 6) is -3.97. The van der Waals surface area contributed by atoms with Gasteiger partial charge < -0.3 is 35.8 Å². The third-order valence-corrected chi connectivity index (χ3v) is 4.73. The lowest BCUT2D eigenvalue weighted by Crippen LogP contribution is -2.54. The topological polar surface area (TPSA) is 194 Å². The van der Waals surface area contributed by atoms with Crippen molar-refractivity contribution >= 4 is 47.1 Å². The van der Waals surface area contributed by atoms with Gasteiger partial charge in [-0.1, -0.05) is 5.16 Å². The molecule has 14 heteroatoms. The lowest BCUT2D eigenvalue weighted by Gasteiger charge is -2.30. The zero-order valence-corrected chi connectivity index (χ0v) is 16.5. The average Bonchev–Trinajstić information content (AvgIpc) is 3.03. The zero-order chi connectivity index (χ0) is 21.8. The number of amides is 1. The van der Waals surface area contributed by atoms with Crippen LogP contribution in [0.2, 0.25) is 0 Å². The van der Waals surface area contributed by atoms with E-state index in [0.29, 0.717) is 6.42 Å². The third kappa shape index (κ3) is 6.14. The maximum absolute atomic E-state index is 12.7. The summed E-state index contributed by atoms with van der Waals surface area (Å²) in [6.07, 6.45) is -0.353. The number of aliphatic carboxylic acids is 2. The quantitative estimate of drug-likeness (QED) is 0.204. The highest BCUT2D eigenvalue weighted by molar-refractivity contribution is 7.13. The second-order valence-corrected chi connectivity index (χ2v) is 7.71. The minimum atomic E-state index is -1.70. The minimum Gasteiger partial charge on any atom is -0.481 e. The molecule has 6 N–H and O–H groups in total. The fourth-order valence-corrected chi connectivity index (χ4v) is 2.94. The molecular weight excluding hydrogens is 407 g/mol. The standard InChI is InChI=1S/C15H21BN4O8S/c1-15(2,13(24)25)28-20-11(8-6-29-14(17)18-8)12(23)19-9-4-3-7(5-10(21)22)27-16(9)26/h6-7,9,26H,3-5H2,1-2H3,(H2,17,18)(H,19,23)(H,21,22)(H,24,25)/t7-,9-/m0/s1. The second-order valence-electron chi connectivity index (χ2n) is 6.82. The van der Waals surface area contributed by atoms with Gasteiger partial charge in [-0.15, -0.1) is 11.3 Å². The van der Waals surface area contributed by atoms with Crippen LogP contribution in [0.15, 0.2) is 10.5 Å². The van der Waals surface area contributed by atoms with Crippen molar-refractivity contribution in [3.8, 4) is 0 Å². The van der Waals surface area contributed by atoms with Crippen molar-refractivity contribution in [3.05, 3.63) is 11.1 Å². The monoisotopic (exact) mass is 428 g/mol. The van der Waals surface area contributed by atoms with E-state index in [2.05, 4.69) is 15.5 Å². The van der Waals surface area contributed by atoms with Gasteiger partial charge in [0.1, 0.15) is 5.69 Å². The Kier molecular flexibility index (Phi) is 7.16. The van der Waals surface area contributed by atoms with Gasteiger partial charge in [0.05, 0.1) is 18.5 Å². The van der Waals surface area contributed by atoms with E-state index < -0.39 is 42.6 Å². The van der Waals surface area contributed by atoms with E-state index in [-0.39, 0.29) is 29.4 Å². The summed E-state index contributed by atoms with van der Waals surface area (Å²) in [5.41, 5.74) is 3.63. The highest BCUT2D eigenvalue weighted by Crippen LogP contribution is 2.20. The molecule has 1 amide bonds. The first-order valence-electron chi connectivity index (χ1n) is 8.56. The van der Waals surface area contributed by atoms with E-state index in [1.165, 1.54) is 19.2 Å². The number of nitrogen functional groups attached to an aromatic ring is 1. The van der Waals surface area contributed by atoms with Crippen LogP contribution in [0, 0.1) is 0 Å². The van der Waals surface area contributed by atoms with Crippen molar-refractivity contribution in [2.45, 2.75) is 50.8 Å². The van der Waals surface area contributed by atoms with Crippen molar-refractivity contribution in [3.63, 3.8) is 0 Å². The summed E-state index contributed by atoms with van der Waals surface area (Å²) >= 11 is 1.05. The lowest BCUT2D eigenvalue weighted by atomic mass is 9.72. The number of carbonyl (C=O) groups excluding carboxylic acids is 1. The van der Waals surface area contributed by atoms with Gasteiger partial charge in [0.2, 0.25) is 5.60 Å². The van der Waals surface area contributed by atoms with Crippen LogP contribution in [0.5, 0.6) is 0 Å². The number of aromatic nitrogens is 1. The smallest absolute Gasteiger partial charge is 0.478 e. The minimum absolute atomic E-state index is 0.0705. The Morgan fingerprint density at radius 2 is 2.14 bits per heavy atom. The van der Waals surface area contributed by atoms with E-state index >= 15 is 0 Å². The molecule has 1 saturated heterocycles. The van der Waals surface area contributed by atoms with Crippen LogP contribution in [0.25, 0.3) is 0 Å². The van der Waals surface area contributed by atoms with E-state index in [0.717, 1.165) is 11.3 Å². The molecule has 2 atom stereocenters. The Bertz CT molecular complexity index is 814. The van der Waals surface area contributed by atoms with Gasteiger partial charge in [-0.2, -0.15) is 0 Å². The molecule has 2 heterocycles. The molecule has 1 aromatic rings. The number of oxime groups is 1. The van der Waals surface area contributed by atoms with Crippen LogP contribution < -0.4 is 11.1 Å². The van der Waals surface area contributed by atoms with Crippen LogP contribution in [-0.2, 0) is 23.9 Å². The van der Waals surface area contributed by atoms with Gasteiger partial charge in [-0.3, -0.25) is 9.59 Å². The summed E-state index contributed by atoms with van der Waals surface area (Å²) < 4.78 is 5.22. The number of anilines is 1. The third-order valence-electron chi connectivity index (χ3n) is 4.05. The highest BCUT2D eigenvalue weighted by Gasteiger charge is 2.38. The fraction of sp³-hybridized carbons (Fsp3) is 0.533. The van der Waals surface area contributed by atoms with Crippen molar-refractivity contribution in [2.24, 2.45) is 5.16 Å². The molecule has 1 fully saturated rings. The first kappa shape index (κ1) is 22.6. The Morgan fingerprint density at radius 3 is 2.66 bits per heavy atom. The Hall–Kier alpha value is -2.71. The molecule has 12 nitrogen and oxygen atoms in total. The molecule has 0 aromatic carbocycles. The molecule has 0 spiro atoms. The van der Waals surface area contributed by atoms with Crippen molar-refractivity contribution in [1.29, 1.82) is 0 Å². The molecule has 0 unspecified atom stereocenters. The van der Waals surface area contributed by atoms with Gasteiger partial charge >= 0.3 is 19.1 Å². The van der Waals surface area contributed by atoms with Crippen LogP contribution in [0.3, 0.4) is 0 Å². The molecule has 0 radical (unpaired) electrons. The second kappa shape index (κ2) is 9.20. The highest BCUT2D eigenvalue weighted by atomic mass is 32.1. The van der Waals surface area contributed by atoms with E-state index in [4.69, 9.17) is 25.4 Å². The summed E-state index contributed by atoms with van der Waals surface area (Å²) in [7, 11) is -1.42. The molecule has 1 aliphatic rings. The van der Waals surface area contributed by atoms with Gasteiger partial charge in [0.15, 0.2) is 10.8 Å². The summed E-state index contributed by atoms with van der Waals surface area (Å²) in [6.45, 7) is 2.51. The largest absolute Gasteiger partial charge is 0.481 e. The Labute approximate surface area is 169 Å². The molecular formula is C15H21BN4O8S. The van der Waals surface area contributed by atoms with Gasteiger partial charge in [-0.25, -0.2) is 9.78 Å². The number of thiazole rings is 1. The van der Waals surface area contributed by atoms with Gasteiger partial charge in [-0.05, 0) is 26.7 Å². The number of hydrogen-bond acceptors (Lipinski definition) is 10. The predicted molar refractivity (Wildman–Crippen MR) is 102 cm³/mol. The molecule has 29 heavy (non-hydrogen) atoms. The van der Waals surface area contributed by atoms with Crippen LogP contribution in [-0.4, -0.2) is 68.5 Å². The molecule has 0 bridgehead atoms. The number of carbonyl (C=O) groups is 3. The van der Waals surface area contributed by atoms with E-state index in [9.17, 15) is 19.4 Å². The normalized spacial score (nSPS) is 20.2. The van der Waals surface area contributed by atoms with Crippen LogP contribution >= 0.6 is 11.3 Å². The SMILES string of the molecule is CC(C)(ON=C(C(=O)N[C@H]1CC[C@@H](CC(=O)O)OB1O)c1csc(N)n1)C(=O)O. The summed E-state index contributed by atoms with van der Waals surface area (Å²) in [6, 6.07) is 0. The maximum Gasteiger partial charge on any atom is 0.478 e. The number of nitrogens with two attached hydrogens (primary N) is 1. The van der Waals surface area contributed by atoms with E-state index in [1.54, 1.807) is 0 Å². The van der Waals surface area contributed by atoms with Crippen molar-refractivity contribution in [2.75, 3.05) is 5.73 Å². The first-order valence-corrected chi connectivity index (χ1v) is 9.44. The molecule has 2 rings (SSSR count). The van der Waals surface area contributed by atoms with Crippen molar-refractivity contribution in [1.82, 2.24) is 10.3 Å². The summed E-state index contributed by atoms with van der Waals surface area (Å²) in [4.78, 5) is 43.6. The van der Waals surface area contributed by atoms with Crippen LogP contribution in [0.1, 0.15) is 38.8 Å². The Morgan fingerprint density at radius 1 is 1.45 bits per heavy atom. The number of hydrogen-bond donors (Lipinski definition) is 5. The lowest BCUT2D eigenvalue weighted by molar-refractivity contribution is -0.161. The molecule has 1 aliphatic heterocycles. The fourth-order valence-electron chi connectivity index (χ4n) is 2.39. The van der Waals surface area contributed by atoms with Crippen LogP contribution in [0.4, 0.5) is 5.13 Å². The number of carboxylic acid groups (broad SMARTS) is 2. The Balaban J connectivity index is 2.14. The zero-order valence-electron chi connectivity index (χ0n) is 15.7. The molecule has 158 valence electrons. The van der Waals surface area contributed by atoms with Gasteiger partial charge in [0.25, 0.3) is 5.91 Å². The molecule has 1 aromatic heterocycles. The van der Waals surface area contributed by atoms with E-state index in [1.807, 2.05) is 0 Å². The summed E-state index contributed by atoms with van der Waals surface area (Å²) in [5, 5.41) is 35.8. The number of nitrogens with zero attached hydrogens (tertiary/aromatic N) is 2. The average molecular weight is 428 g/mol. The number of nitrogens with one attached hydrogen (secondary N) is 1. The predicted octanol–water partition coefficient (Wildman–Crippen LogP) is -0.533. The molecule has 0 saturated carbocycles. The van der Waals surface area contributed by atoms with Gasteiger partial charge in [0, 0.05) is 5.38 Å².